The summed E-state index contributed by atoms with van der Waals surface area (Å²) < 4.78 is 10.8. The van der Waals surface area contributed by atoms with E-state index in [1.54, 1.807) is 14.2 Å². The third kappa shape index (κ3) is 3.64. The zero-order chi connectivity index (χ0) is 14.4. The molecule has 4 nitrogen and oxygen atoms in total. The lowest BCUT2D eigenvalue weighted by Crippen LogP contribution is -2.37. The number of nitrogens with zero attached hydrogens (tertiary/aromatic N) is 1. The van der Waals surface area contributed by atoms with E-state index >= 15 is 0 Å². The Morgan fingerprint density at radius 3 is 2.75 bits per heavy atom. The zero-order valence-electron chi connectivity index (χ0n) is 12.8. The third-order valence-electron chi connectivity index (χ3n) is 3.92. The van der Waals surface area contributed by atoms with Crippen molar-refractivity contribution in [1.82, 2.24) is 10.2 Å². The first-order valence-electron chi connectivity index (χ1n) is 7.44. The minimum absolute atomic E-state index is 0.630. The van der Waals surface area contributed by atoms with Crippen LogP contribution in [-0.4, -0.2) is 44.8 Å². The lowest BCUT2D eigenvalue weighted by molar-refractivity contribution is 0.197. The minimum atomic E-state index is 0.630. The lowest BCUT2D eigenvalue weighted by atomic mass is 10.1. The van der Waals surface area contributed by atoms with Crippen molar-refractivity contribution in [2.24, 2.45) is 0 Å². The molecule has 112 valence electrons. The summed E-state index contributed by atoms with van der Waals surface area (Å²) in [5.74, 6) is 1.83. The van der Waals surface area contributed by atoms with Crippen LogP contribution in [0.1, 0.15) is 25.3 Å². The molecule has 1 aliphatic heterocycles. The molecule has 1 N–H and O–H groups in total. The smallest absolute Gasteiger partial charge is 0.123 e. The molecule has 0 amide bonds. The van der Waals surface area contributed by atoms with Crippen LogP contribution in [0, 0.1) is 0 Å². The Morgan fingerprint density at radius 2 is 2.15 bits per heavy atom. The fourth-order valence-corrected chi connectivity index (χ4v) is 2.85. The number of ether oxygens (including phenoxy) is 2. The predicted molar refractivity (Wildman–Crippen MR) is 81.5 cm³/mol. The maximum absolute atomic E-state index is 5.49. The van der Waals surface area contributed by atoms with E-state index < -0.39 is 0 Å². The molecule has 0 aromatic heterocycles. The second-order valence-corrected chi connectivity index (χ2v) is 5.29. The highest BCUT2D eigenvalue weighted by molar-refractivity contribution is 5.40. The molecule has 1 aliphatic rings. The summed E-state index contributed by atoms with van der Waals surface area (Å²) in [4.78, 5) is 2.55. The van der Waals surface area contributed by atoms with Crippen molar-refractivity contribution in [2.45, 2.75) is 32.4 Å². The number of rotatable bonds is 7. The topological polar surface area (TPSA) is 33.7 Å². The largest absolute Gasteiger partial charge is 0.497 e. The first kappa shape index (κ1) is 15.1. The van der Waals surface area contributed by atoms with E-state index in [0.29, 0.717) is 6.04 Å². The summed E-state index contributed by atoms with van der Waals surface area (Å²) >= 11 is 0. The number of nitrogens with one attached hydrogen (secondary N) is 1. The molecular formula is C16H26N2O2. The van der Waals surface area contributed by atoms with Gasteiger partial charge in [0.25, 0.3) is 0 Å². The predicted octanol–water partition coefficient (Wildman–Crippen LogP) is 2.28. The molecule has 20 heavy (non-hydrogen) atoms. The van der Waals surface area contributed by atoms with Crippen LogP contribution in [0.2, 0.25) is 0 Å². The molecule has 1 aromatic carbocycles. The van der Waals surface area contributed by atoms with Crippen LogP contribution in [0.4, 0.5) is 0 Å². The van der Waals surface area contributed by atoms with Crippen LogP contribution >= 0.6 is 0 Å². The molecule has 4 heteroatoms. The van der Waals surface area contributed by atoms with E-state index in [2.05, 4.69) is 23.2 Å². The summed E-state index contributed by atoms with van der Waals surface area (Å²) in [6.45, 7) is 6.48. The standard InChI is InChI=1S/C16H26N2O2/c1-4-9-18(14-7-8-17-11-14)12-13-10-15(19-2)5-6-16(13)20-3/h5-6,10,14,17H,4,7-9,11-12H2,1-3H3. The monoisotopic (exact) mass is 278 g/mol. The van der Waals surface area contributed by atoms with Crippen LogP contribution in [-0.2, 0) is 6.54 Å². The van der Waals surface area contributed by atoms with Gasteiger partial charge in [-0.2, -0.15) is 0 Å². The van der Waals surface area contributed by atoms with Gasteiger partial charge in [-0.25, -0.2) is 0 Å². The normalized spacial score (nSPS) is 18.5. The van der Waals surface area contributed by atoms with Crippen LogP contribution in [0.5, 0.6) is 11.5 Å². The van der Waals surface area contributed by atoms with E-state index in [1.165, 1.54) is 18.4 Å². The molecule has 1 saturated heterocycles. The minimum Gasteiger partial charge on any atom is -0.497 e. The third-order valence-corrected chi connectivity index (χ3v) is 3.92. The zero-order valence-corrected chi connectivity index (χ0v) is 12.8. The van der Waals surface area contributed by atoms with Gasteiger partial charge in [0.15, 0.2) is 0 Å². The average Bonchev–Trinajstić information content (AvgIpc) is 3.00. The lowest BCUT2D eigenvalue weighted by Gasteiger charge is -2.28. The molecule has 1 heterocycles. The maximum atomic E-state index is 5.49. The van der Waals surface area contributed by atoms with E-state index in [4.69, 9.17) is 9.47 Å². The average molecular weight is 278 g/mol. The molecular weight excluding hydrogens is 252 g/mol. The molecule has 0 aliphatic carbocycles. The van der Waals surface area contributed by atoms with E-state index in [1.807, 2.05) is 12.1 Å². The SMILES string of the molecule is CCCN(Cc1cc(OC)ccc1OC)C1CCNC1. The second-order valence-electron chi connectivity index (χ2n) is 5.29. The molecule has 2 rings (SSSR count). The number of hydrogen-bond acceptors (Lipinski definition) is 4. The van der Waals surface area contributed by atoms with Gasteiger partial charge >= 0.3 is 0 Å². The van der Waals surface area contributed by atoms with Gasteiger partial charge in [0, 0.05) is 24.7 Å². The van der Waals surface area contributed by atoms with Gasteiger partial charge < -0.3 is 14.8 Å². The number of benzene rings is 1. The summed E-state index contributed by atoms with van der Waals surface area (Å²) in [7, 11) is 3.43. The summed E-state index contributed by atoms with van der Waals surface area (Å²) in [5, 5.41) is 3.45. The summed E-state index contributed by atoms with van der Waals surface area (Å²) in [5.41, 5.74) is 1.20. The van der Waals surface area contributed by atoms with E-state index in [0.717, 1.165) is 37.7 Å². The fraction of sp³-hybridized carbons (Fsp3) is 0.625. The van der Waals surface area contributed by atoms with Gasteiger partial charge in [-0.15, -0.1) is 0 Å². The van der Waals surface area contributed by atoms with Gasteiger partial charge in [0.05, 0.1) is 14.2 Å². The van der Waals surface area contributed by atoms with Crippen LogP contribution < -0.4 is 14.8 Å². The van der Waals surface area contributed by atoms with Crippen LogP contribution in [0.3, 0.4) is 0 Å². The quantitative estimate of drug-likeness (QED) is 0.829. The van der Waals surface area contributed by atoms with Crippen LogP contribution in [0.25, 0.3) is 0 Å². The molecule has 1 unspecified atom stereocenters. The number of methoxy groups -OCH3 is 2. The molecule has 1 atom stereocenters. The Hall–Kier alpha value is -1.26. The highest BCUT2D eigenvalue weighted by Gasteiger charge is 2.22. The summed E-state index contributed by atoms with van der Waals surface area (Å²) in [6, 6.07) is 6.66. The van der Waals surface area contributed by atoms with Crippen molar-refractivity contribution < 1.29 is 9.47 Å². The van der Waals surface area contributed by atoms with Gasteiger partial charge in [0.1, 0.15) is 11.5 Å². The number of hydrogen-bond donors (Lipinski definition) is 1. The molecule has 0 bridgehead atoms. The maximum Gasteiger partial charge on any atom is 0.123 e. The molecule has 0 spiro atoms. The van der Waals surface area contributed by atoms with Crippen molar-refractivity contribution in [3.8, 4) is 11.5 Å². The van der Waals surface area contributed by atoms with Crippen molar-refractivity contribution >= 4 is 0 Å². The van der Waals surface area contributed by atoms with Gasteiger partial charge in [-0.1, -0.05) is 6.92 Å². The Bertz CT molecular complexity index is 417. The van der Waals surface area contributed by atoms with E-state index in [9.17, 15) is 0 Å². The Labute approximate surface area is 122 Å². The molecule has 0 saturated carbocycles. The van der Waals surface area contributed by atoms with Crippen molar-refractivity contribution in [1.29, 1.82) is 0 Å². The van der Waals surface area contributed by atoms with Crippen molar-refractivity contribution in [3.63, 3.8) is 0 Å². The van der Waals surface area contributed by atoms with E-state index in [-0.39, 0.29) is 0 Å². The molecule has 1 aromatic rings. The first-order chi connectivity index (χ1) is 9.78. The van der Waals surface area contributed by atoms with Gasteiger partial charge in [-0.3, -0.25) is 4.90 Å². The Balaban J connectivity index is 2.15. The van der Waals surface area contributed by atoms with Gasteiger partial charge in [-0.05, 0) is 44.1 Å². The highest BCUT2D eigenvalue weighted by atomic mass is 16.5. The Kier molecular flexibility index (Phi) is 5.68. The highest BCUT2D eigenvalue weighted by Crippen LogP contribution is 2.26. The fourth-order valence-electron chi connectivity index (χ4n) is 2.85. The first-order valence-corrected chi connectivity index (χ1v) is 7.44. The summed E-state index contributed by atoms with van der Waals surface area (Å²) in [6.07, 6.45) is 2.40. The van der Waals surface area contributed by atoms with Crippen molar-refractivity contribution in [2.75, 3.05) is 33.9 Å². The van der Waals surface area contributed by atoms with Gasteiger partial charge in [0.2, 0.25) is 0 Å². The Morgan fingerprint density at radius 1 is 1.30 bits per heavy atom. The molecule has 0 radical (unpaired) electrons. The van der Waals surface area contributed by atoms with Crippen LogP contribution in [0.15, 0.2) is 18.2 Å². The molecule has 1 fully saturated rings. The van der Waals surface area contributed by atoms with Crippen molar-refractivity contribution in [3.05, 3.63) is 23.8 Å². The second kappa shape index (κ2) is 7.50.